The highest BCUT2D eigenvalue weighted by Gasteiger charge is 2.08. The molecule has 0 saturated heterocycles. The molecule has 0 fully saturated rings. The summed E-state index contributed by atoms with van der Waals surface area (Å²) in [5.74, 6) is 1.17. The largest absolute Gasteiger partial charge is 0.307 e. The van der Waals surface area contributed by atoms with Crippen LogP contribution >= 0.6 is 23.1 Å². The van der Waals surface area contributed by atoms with E-state index in [4.69, 9.17) is 0 Å². The van der Waals surface area contributed by atoms with E-state index in [0.29, 0.717) is 6.04 Å². The van der Waals surface area contributed by atoms with Crippen molar-refractivity contribution < 1.29 is 0 Å². The SMILES string of the molecule is CCc1cnc([C@@H](C)NCCSC(C)C)s1. The summed E-state index contributed by atoms with van der Waals surface area (Å²) in [5.41, 5.74) is 0. The summed E-state index contributed by atoms with van der Waals surface area (Å²) in [4.78, 5) is 5.83. The first-order valence-electron chi connectivity index (χ1n) is 5.93. The highest BCUT2D eigenvalue weighted by molar-refractivity contribution is 7.99. The topological polar surface area (TPSA) is 24.9 Å². The Kier molecular flexibility index (Phi) is 6.39. The minimum Gasteiger partial charge on any atom is -0.307 e. The number of nitrogens with one attached hydrogen (secondary N) is 1. The number of aryl methyl sites for hydroxylation is 1. The van der Waals surface area contributed by atoms with Gasteiger partial charge in [0.15, 0.2) is 0 Å². The molecule has 0 radical (unpaired) electrons. The molecule has 92 valence electrons. The molecular formula is C12H22N2S2. The van der Waals surface area contributed by atoms with Crippen molar-refractivity contribution in [3.8, 4) is 0 Å². The van der Waals surface area contributed by atoms with Gasteiger partial charge in [-0.15, -0.1) is 11.3 Å². The number of thiazole rings is 1. The minimum atomic E-state index is 0.387. The van der Waals surface area contributed by atoms with Gasteiger partial charge in [0.05, 0.1) is 6.04 Å². The smallest absolute Gasteiger partial charge is 0.109 e. The fourth-order valence-electron chi connectivity index (χ4n) is 1.34. The van der Waals surface area contributed by atoms with Crippen LogP contribution in [0.3, 0.4) is 0 Å². The van der Waals surface area contributed by atoms with E-state index in [2.05, 4.69) is 38.0 Å². The van der Waals surface area contributed by atoms with Crippen molar-refractivity contribution in [3.63, 3.8) is 0 Å². The summed E-state index contributed by atoms with van der Waals surface area (Å²) in [6.07, 6.45) is 3.09. The monoisotopic (exact) mass is 258 g/mol. The molecule has 1 heterocycles. The quantitative estimate of drug-likeness (QED) is 0.758. The maximum Gasteiger partial charge on any atom is 0.109 e. The predicted octanol–water partition coefficient (Wildman–Crippen LogP) is 3.50. The molecule has 1 N–H and O–H groups in total. The van der Waals surface area contributed by atoms with E-state index in [1.54, 1.807) is 0 Å². The Hall–Kier alpha value is -0.0600. The van der Waals surface area contributed by atoms with Crippen LogP contribution in [-0.4, -0.2) is 22.5 Å². The molecule has 4 heteroatoms. The van der Waals surface area contributed by atoms with Crippen molar-refractivity contribution in [2.24, 2.45) is 0 Å². The first-order valence-corrected chi connectivity index (χ1v) is 7.79. The lowest BCUT2D eigenvalue weighted by atomic mass is 10.3. The van der Waals surface area contributed by atoms with Crippen molar-refractivity contribution in [3.05, 3.63) is 16.1 Å². The fourth-order valence-corrected chi connectivity index (χ4v) is 2.93. The van der Waals surface area contributed by atoms with Crippen LogP contribution in [0.25, 0.3) is 0 Å². The number of nitrogens with zero attached hydrogens (tertiary/aromatic N) is 1. The average Bonchev–Trinajstić information content (AvgIpc) is 2.72. The van der Waals surface area contributed by atoms with Crippen molar-refractivity contribution in [1.82, 2.24) is 10.3 Å². The zero-order valence-electron chi connectivity index (χ0n) is 10.6. The van der Waals surface area contributed by atoms with Gasteiger partial charge in [-0.1, -0.05) is 20.8 Å². The lowest BCUT2D eigenvalue weighted by Crippen LogP contribution is -2.21. The fraction of sp³-hybridized carbons (Fsp3) is 0.750. The van der Waals surface area contributed by atoms with Gasteiger partial charge in [-0.2, -0.15) is 11.8 Å². The normalized spacial score (nSPS) is 13.3. The molecule has 0 aliphatic heterocycles. The van der Waals surface area contributed by atoms with Gasteiger partial charge in [-0.05, 0) is 18.6 Å². The highest BCUT2D eigenvalue weighted by atomic mass is 32.2. The van der Waals surface area contributed by atoms with Gasteiger partial charge in [-0.25, -0.2) is 4.98 Å². The number of rotatable bonds is 7. The molecule has 0 amide bonds. The molecule has 1 rings (SSSR count). The molecule has 1 aromatic heterocycles. The molecular weight excluding hydrogens is 236 g/mol. The van der Waals surface area contributed by atoms with Crippen molar-refractivity contribution in [2.45, 2.75) is 45.4 Å². The van der Waals surface area contributed by atoms with Crippen LogP contribution in [0.4, 0.5) is 0 Å². The van der Waals surface area contributed by atoms with Gasteiger partial charge in [0.25, 0.3) is 0 Å². The van der Waals surface area contributed by atoms with E-state index in [1.807, 2.05) is 29.3 Å². The van der Waals surface area contributed by atoms with E-state index < -0.39 is 0 Å². The molecule has 2 nitrogen and oxygen atoms in total. The van der Waals surface area contributed by atoms with Gasteiger partial charge in [0.2, 0.25) is 0 Å². The molecule has 1 atom stereocenters. The molecule has 0 saturated carbocycles. The first kappa shape index (κ1) is 14.0. The van der Waals surface area contributed by atoms with E-state index in [-0.39, 0.29) is 0 Å². The Balaban J connectivity index is 2.26. The summed E-state index contributed by atoms with van der Waals surface area (Å²) in [6, 6.07) is 0.387. The van der Waals surface area contributed by atoms with Crippen LogP contribution in [-0.2, 0) is 6.42 Å². The van der Waals surface area contributed by atoms with E-state index in [1.165, 1.54) is 15.6 Å². The Bertz CT molecular complexity index is 297. The van der Waals surface area contributed by atoms with Gasteiger partial charge < -0.3 is 5.32 Å². The second-order valence-corrected chi connectivity index (χ2v) is 6.94. The van der Waals surface area contributed by atoms with Crippen molar-refractivity contribution in [2.75, 3.05) is 12.3 Å². The number of aromatic nitrogens is 1. The molecule has 0 aliphatic rings. The van der Waals surface area contributed by atoms with E-state index in [0.717, 1.165) is 18.2 Å². The highest BCUT2D eigenvalue weighted by Crippen LogP contribution is 2.20. The van der Waals surface area contributed by atoms with E-state index >= 15 is 0 Å². The molecule has 0 unspecified atom stereocenters. The Morgan fingerprint density at radius 3 is 2.75 bits per heavy atom. The average molecular weight is 258 g/mol. The summed E-state index contributed by atoms with van der Waals surface area (Å²) in [5, 5.41) is 5.46. The molecule has 0 spiro atoms. The zero-order chi connectivity index (χ0) is 12.0. The maximum absolute atomic E-state index is 4.45. The lowest BCUT2D eigenvalue weighted by molar-refractivity contribution is 0.597. The third-order valence-electron chi connectivity index (χ3n) is 2.29. The molecule has 16 heavy (non-hydrogen) atoms. The summed E-state index contributed by atoms with van der Waals surface area (Å²) in [6.45, 7) is 9.91. The predicted molar refractivity (Wildman–Crippen MR) is 75.5 cm³/mol. The first-order chi connectivity index (χ1) is 7.63. The molecule has 0 bridgehead atoms. The number of hydrogen-bond acceptors (Lipinski definition) is 4. The van der Waals surface area contributed by atoms with Gasteiger partial charge in [-0.3, -0.25) is 0 Å². The Morgan fingerprint density at radius 2 is 2.19 bits per heavy atom. The van der Waals surface area contributed by atoms with Gasteiger partial charge >= 0.3 is 0 Å². The summed E-state index contributed by atoms with van der Waals surface area (Å²) < 4.78 is 0. The second kappa shape index (κ2) is 7.30. The van der Waals surface area contributed by atoms with Crippen LogP contribution in [0.5, 0.6) is 0 Å². The zero-order valence-corrected chi connectivity index (χ0v) is 12.3. The van der Waals surface area contributed by atoms with Crippen LogP contribution in [0.2, 0.25) is 0 Å². The second-order valence-electron chi connectivity index (χ2n) is 4.11. The van der Waals surface area contributed by atoms with Crippen LogP contribution in [0, 0.1) is 0 Å². The minimum absolute atomic E-state index is 0.387. The number of hydrogen-bond donors (Lipinski definition) is 1. The standard InChI is InChI=1S/C12H22N2S2/c1-5-11-8-14-12(16-11)10(4)13-6-7-15-9(2)3/h8-10,13H,5-7H2,1-4H3/t10-/m1/s1. The number of thioether (sulfide) groups is 1. The van der Waals surface area contributed by atoms with Gasteiger partial charge in [0.1, 0.15) is 5.01 Å². The molecule has 0 aliphatic carbocycles. The molecule has 1 aromatic rings. The third-order valence-corrected chi connectivity index (χ3v) is 4.72. The third kappa shape index (κ3) is 4.85. The lowest BCUT2D eigenvalue weighted by Gasteiger charge is -2.11. The maximum atomic E-state index is 4.45. The molecule has 0 aromatic carbocycles. The van der Waals surface area contributed by atoms with Crippen molar-refractivity contribution >= 4 is 23.1 Å². The van der Waals surface area contributed by atoms with Crippen molar-refractivity contribution in [1.29, 1.82) is 0 Å². The summed E-state index contributed by atoms with van der Waals surface area (Å²) in [7, 11) is 0. The van der Waals surface area contributed by atoms with Crippen LogP contribution in [0.1, 0.15) is 43.6 Å². The van der Waals surface area contributed by atoms with Crippen LogP contribution in [0.15, 0.2) is 6.20 Å². The van der Waals surface area contributed by atoms with Gasteiger partial charge in [0, 0.05) is 23.4 Å². The Morgan fingerprint density at radius 1 is 1.44 bits per heavy atom. The summed E-state index contributed by atoms with van der Waals surface area (Å²) >= 11 is 3.82. The van der Waals surface area contributed by atoms with E-state index in [9.17, 15) is 0 Å². The Labute approximate surface area is 107 Å². The van der Waals surface area contributed by atoms with Crippen LogP contribution < -0.4 is 5.32 Å².